The van der Waals surface area contributed by atoms with Crippen LogP contribution in [0.4, 0.5) is 0 Å². The van der Waals surface area contributed by atoms with Crippen LogP contribution in [0.3, 0.4) is 0 Å². The maximum atomic E-state index is 12.6. The zero-order chi connectivity index (χ0) is 22.8. The summed E-state index contributed by atoms with van der Waals surface area (Å²) in [4.78, 5) is 37.1. The van der Waals surface area contributed by atoms with E-state index in [1.165, 1.54) is 6.08 Å². The molecule has 0 saturated carbocycles. The lowest BCUT2D eigenvalue weighted by atomic mass is 9.93. The fraction of sp³-hybridized carbons (Fsp3) is 0.500. The molecule has 166 valence electrons. The van der Waals surface area contributed by atoms with Crippen LogP contribution < -0.4 is 0 Å². The molecule has 0 amide bonds. The van der Waals surface area contributed by atoms with Gasteiger partial charge in [0.25, 0.3) is 5.60 Å². The van der Waals surface area contributed by atoms with Crippen molar-refractivity contribution in [1.29, 1.82) is 0 Å². The van der Waals surface area contributed by atoms with Crippen molar-refractivity contribution in [2.75, 3.05) is 19.0 Å². The van der Waals surface area contributed by atoms with Gasteiger partial charge in [-0.15, -0.1) is 11.8 Å². The van der Waals surface area contributed by atoms with Crippen LogP contribution in [0.15, 0.2) is 42.5 Å². The molecule has 0 aromatic heterocycles. The van der Waals surface area contributed by atoms with Gasteiger partial charge in [0.1, 0.15) is 5.60 Å². The number of thioether (sulfide) groups is 1. The summed E-state index contributed by atoms with van der Waals surface area (Å²) in [6.45, 7) is 8.43. The first-order valence-corrected chi connectivity index (χ1v) is 10.7. The first-order valence-electron chi connectivity index (χ1n) is 9.69. The van der Waals surface area contributed by atoms with Crippen molar-refractivity contribution < 1.29 is 33.7 Å². The molecule has 0 saturated heterocycles. The molecule has 1 atom stereocenters. The lowest BCUT2D eigenvalue weighted by molar-refractivity contribution is -0.183. The van der Waals surface area contributed by atoms with E-state index in [-0.39, 0.29) is 19.0 Å². The second-order valence-electron chi connectivity index (χ2n) is 7.27. The van der Waals surface area contributed by atoms with E-state index in [4.69, 9.17) is 14.2 Å². The highest BCUT2D eigenvalue weighted by Crippen LogP contribution is 2.40. The molecular formula is C22H30O7S. The highest BCUT2D eigenvalue weighted by Gasteiger charge is 2.54. The van der Waals surface area contributed by atoms with Gasteiger partial charge in [0.2, 0.25) is 0 Å². The van der Waals surface area contributed by atoms with Crippen LogP contribution in [-0.4, -0.2) is 53.2 Å². The molecule has 0 spiro atoms. The van der Waals surface area contributed by atoms with Crippen LogP contribution in [0.5, 0.6) is 0 Å². The van der Waals surface area contributed by atoms with Crippen molar-refractivity contribution in [3.63, 3.8) is 0 Å². The third-order valence-electron chi connectivity index (χ3n) is 3.67. The van der Waals surface area contributed by atoms with Crippen molar-refractivity contribution in [2.45, 2.75) is 51.1 Å². The summed E-state index contributed by atoms with van der Waals surface area (Å²) in [5.41, 5.74) is -2.62. The molecule has 1 aromatic carbocycles. The minimum absolute atomic E-state index is 0.00866. The quantitative estimate of drug-likeness (QED) is 0.257. The number of rotatable bonds is 10. The summed E-state index contributed by atoms with van der Waals surface area (Å²) in [7, 11) is 0. The molecule has 0 aliphatic carbocycles. The third-order valence-corrected chi connectivity index (χ3v) is 5.01. The number of aliphatic hydroxyl groups is 1. The summed E-state index contributed by atoms with van der Waals surface area (Å²) >= 11 is 1.10. The van der Waals surface area contributed by atoms with Gasteiger partial charge in [0.05, 0.1) is 18.5 Å². The highest BCUT2D eigenvalue weighted by atomic mass is 32.2. The molecule has 0 heterocycles. The van der Waals surface area contributed by atoms with Crippen LogP contribution >= 0.6 is 11.8 Å². The Morgan fingerprint density at radius 1 is 1.03 bits per heavy atom. The van der Waals surface area contributed by atoms with E-state index in [0.29, 0.717) is 5.56 Å². The van der Waals surface area contributed by atoms with E-state index in [0.717, 1.165) is 11.8 Å². The van der Waals surface area contributed by atoms with Gasteiger partial charge in [-0.1, -0.05) is 36.4 Å². The Labute approximate surface area is 181 Å². The standard InChI is InChI=1S/C22H30O7S/c1-6-27-19(24)22(26,20(25)28-7-2)18(16-12-9-8-10-13-16)30-15-11-14-17(23)29-21(3,4)5/h8-14,18,26H,6-7,15H2,1-5H3/b14-11+. The van der Waals surface area contributed by atoms with Gasteiger partial charge in [0.15, 0.2) is 0 Å². The summed E-state index contributed by atoms with van der Waals surface area (Å²) < 4.78 is 15.2. The topological polar surface area (TPSA) is 99.1 Å². The molecule has 7 nitrogen and oxygen atoms in total. The number of carbonyl (C=O) groups excluding carboxylic acids is 3. The second kappa shape index (κ2) is 11.8. The fourth-order valence-corrected chi connectivity index (χ4v) is 3.68. The molecule has 0 radical (unpaired) electrons. The SMILES string of the molecule is CCOC(=O)C(O)(C(=O)OCC)C(SC/C=C/C(=O)OC(C)(C)C)c1ccccc1. The predicted molar refractivity (Wildman–Crippen MR) is 115 cm³/mol. The number of benzene rings is 1. The molecule has 0 fully saturated rings. The summed E-state index contributed by atoms with van der Waals surface area (Å²) in [5.74, 6) is -2.45. The van der Waals surface area contributed by atoms with Gasteiger partial charge in [-0.25, -0.2) is 14.4 Å². The lowest BCUT2D eigenvalue weighted by Crippen LogP contribution is -2.52. The smallest absolute Gasteiger partial charge is 0.351 e. The van der Waals surface area contributed by atoms with Crippen molar-refractivity contribution >= 4 is 29.7 Å². The Morgan fingerprint density at radius 3 is 2.03 bits per heavy atom. The van der Waals surface area contributed by atoms with Crippen LogP contribution in [0, 0.1) is 0 Å². The number of hydrogen-bond acceptors (Lipinski definition) is 8. The van der Waals surface area contributed by atoms with Crippen molar-refractivity contribution in [2.24, 2.45) is 0 Å². The van der Waals surface area contributed by atoms with E-state index in [1.807, 2.05) is 0 Å². The molecule has 0 bridgehead atoms. The van der Waals surface area contributed by atoms with Crippen LogP contribution in [-0.2, 0) is 28.6 Å². The minimum atomic E-state index is -2.54. The van der Waals surface area contributed by atoms with E-state index in [9.17, 15) is 19.5 Å². The van der Waals surface area contributed by atoms with Crippen LogP contribution in [0.1, 0.15) is 45.4 Å². The summed E-state index contributed by atoms with van der Waals surface area (Å²) in [6.07, 6.45) is 2.82. The molecule has 1 rings (SSSR count). The van der Waals surface area contributed by atoms with Gasteiger partial charge in [-0.3, -0.25) is 0 Å². The van der Waals surface area contributed by atoms with E-state index >= 15 is 0 Å². The second-order valence-corrected chi connectivity index (χ2v) is 8.41. The highest BCUT2D eigenvalue weighted by molar-refractivity contribution is 7.99. The van der Waals surface area contributed by atoms with E-state index in [2.05, 4.69) is 0 Å². The molecule has 30 heavy (non-hydrogen) atoms. The molecule has 1 aromatic rings. The predicted octanol–water partition coefficient (Wildman–Crippen LogP) is 3.22. The van der Waals surface area contributed by atoms with Gasteiger partial charge >= 0.3 is 17.9 Å². The van der Waals surface area contributed by atoms with E-state index in [1.54, 1.807) is 71.0 Å². The summed E-state index contributed by atoms with van der Waals surface area (Å²) in [6, 6.07) is 8.63. The zero-order valence-corrected chi connectivity index (χ0v) is 18.9. The maximum Gasteiger partial charge on any atom is 0.351 e. The largest absolute Gasteiger partial charge is 0.463 e. The molecule has 8 heteroatoms. The average Bonchev–Trinajstić information content (AvgIpc) is 2.67. The Bertz CT molecular complexity index is 720. The number of esters is 3. The van der Waals surface area contributed by atoms with Gasteiger partial charge in [-0.2, -0.15) is 0 Å². The Kier molecular flexibility index (Phi) is 10.1. The fourth-order valence-electron chi connectivity index (χ4n) is 2.50. The molecular weight excluding hydrogens is 408 g/mol. The molecule has 0 aliphatic heterocycles. The van der Waals surface area contributed by atoms with Gasteiger partial charge < -0.3 is 19.3 Å². The van der Waals surface area contributed by atoms with Crippen LogP contribution in [0.25, 0.3) is 0 Å². The maximum absolute atomic E-state index is 12.6. The van der Waals surface area contributed by atoms with E-state index < -0.39 is 34.4 Å². The van der Waals surface area contributed by atoms with Crippen molar-refractivity contribution in [1.82, 2.24) is 0 Å². The van der Waals surface area contributed by atoms with Crippen molar-refractivity contribution in [3.05, 3.63) is 48.0 Å². The number of carbonyl (C=O) groups is 3. The van der Waals surface area contributed by atoms with Crippen LogP contribution in [0.2, 0.25) is 0 Å². The molecule has 1 N–H and O–H groups in total. The number of ether oxygens (including phenoxy) is 3. The Morgan fingerprint density at radius 2 is 1.57 bits per heavy atom. The monoisotopic (exact) mass is 438 g/mol. The third kappa shape index (κ3) is 7.50. The first-order chi connectivity index (χ1) is 14.1. The Hall–Kier alpha value is -2.32. The number of hydrogen-bond donors (Lipinski definition) is 1. The molecule has 1 unspecified atom stereocenters. The Balaban J connectivity index is 3.16. The van der Waals surface area contributed by atoms with Gasteiger partial charge in [-0.05, 0) is 40.2 Å². The lowest BCUT2D eigenvalue weighted by Gasteiger charge is -2.31. The molecule has 0 aliphatic rings. The summed E-state index contributed by atoms with van der Waals surface area (Å²) in [5, 5.41) is 10.2. The van der Waals surface area contributed by atoms with Gasteiger partial charge in [0, 0.05) is 11.8 Å². The average molecular weight is 439 g/mol. The normalized spacial score (nSPS) is 13.0. The van der Waals surface area contributed by atoms with Crippen molar-refractivity contribution in [3.8, 4) is 0 Å². The first kappa shape index (κ1) is 25.7. The zero-order valence-electron chi connectivity index (χ0n) is 18.0. The minimum Gasteiger partial charge on any atom is -0.463 e.